The third kappa shape index (κ3) is 5.04. The zero-order valence-corrected chi connectivity index (χ0v) is 12.0. The highest BCUT2D eigenvalue weighted by molar-refractivity contribution is 5.78. The van der Waals surface area contributed by atoms with E-state index in [2.05, 4.69) is 19.3 Å². The summed E-state index contributed by atoms with van der Waals surface area (Å²) in [6.45, 7) is 11.7. The largest absolute Gasteiger partial charge is 0.326 e. The van der Waals surface area contributed by atoms with Crippen molar-refractivity contribution >= 4 is 5.91 Å². The third-order valence-corrected chi connectivity index (χ3v) is 3.42. The number of amides is 1. The number of nitrogens with two attached hydrogens (primary N) is 1. The van der Waals surface area contributed by atoms with Crippen LogP contribution < -0.4 is 11.2 Å². The van der Waals surface area contributed by atoms with Crippen LogP contribution in [-0.2, 0) is 4.79 Å². The molecule has 3 N–H and O–H groups in total. The highest BCUT2D eigenvalue weighted by atomic mass is 16.2. The smallest absolute Gasteiger partial charge is 0.239 e. The quantitative estimate of drug-likeness (QED) is 0.794. The molecule has 0 aromatic heterocycles. The Morgan fingerprint density at radius 1 is 1.47 bits per heavy atom. The lowest BCUT2D eigenvalue weighted by Crippen LogP contribution is -2.55. The van der Waals surface area contributed by atoms with Crippen molar-refractivity contribution in [3.05, 3.63) is 0 Å². The van der Waals surface area contributed by atoms with Gasteiger partial charge in [0.1, 0.15) is 0 Å². The number of nitrogens with one attached hydrogen (secondary N) is 1. The maximum absolute atomic E-state index is 12.0. The Labute approximate surface area is 106 Å². The molecule has 17 heavy (non-hydrogen) atoms. The van der Waals surface area contributed by atoms with Crippen LogP contribution >= 0.6 is 0 Å². The summed E-state index contributed by atoms with van der Waals surface area (Å²) in [6.07, 6.45) is 1.94. The Balaban J connectivity index is 0.00000121. The molecule has 0 bridgehead atoms. The first-order valence-electron chi connectivity index (χ1n) is 6.86. The van der Waals surface area contributed by atoms with Crippen molar-refractivity contribution in [3.8, 4) is 0 Å². The van der Waals surface area contributed by atoms with Gasteiger partial charge >= 0.3 is 0 Å². The topological polar surface area (TPSA) is 58.4 Å². The van der Waals surface area contributed by atoms with E-state index in [4.69, 9.17) is 5.73 Å². The summed E-state index contributed by atoms with van der Waals surface area (Å²) in [5.41, 5.74) is 8.85. The first kappa shape index (κ1) is 16.4. The van der Waals surface area contributed by atoms with E-state index in [9.17, 15) is 4.79 Å². The van der Waals surface area contributed by atoms with Crippen molar-refractivity contribution < 1.29 is 4.79 Å². The lowest BCUT2D eigenvalue weighted by atomic mass is 9.92. The third-order valence-electron chi connectivity index (χ3n) is 3.42. The van der Waals surface area contributed by atoms with Crippen LogP contribution in [0.1, 0.15) is 47.5 Å². The van der Waals surface area contributed by atoms with Crippen molar-refractivity contribution in [1.29, 1.82) is 0 Å². The predicted octanol–water partition coefficient (Wildman–Crippen LogP) is 1.76. The molecule has 1 aliphatic heterocycles. The van der Waals surface area contributed by atoms with E-state index in [1.807, 2.05) is 20.8 Å². The SMILES string of the molecule is CC.CCC(C)C(C)C(=O)N1CCC(N)CN1. The lowest BCUT2D eigenvalue weighted by molar-refractivity contribution is -0.141. The molecule has 0 aromatic carbocycles. The molecule has 3 unspecified atom stereocenters. The van der Waals surface area contributed by atoms with Gasteiger partial charge in [-0.05, 0) is 12.3 Å². The number of rotatable bonds is 3. The molecular weight excluding hydrogens is 214 g/mol. The first-order chi connectivity index (χ1) is 8.06. The normalized spacial score (nSPS) is 23.4. The van der Waals surface area contributed by atoms with Gasteiger partial charge < -0.3 is 5.73 Å². The number of nitrogens with zero attached hydrogens (tertiary/aromatic N) is 1. The number of hydrogen-bond acceptors (Lipinski definition) is 3. The average Bonchev–Trinajstić information content (AvgIpc) is 2.39. The predicted molar refractivity (Wildman–Crippen MR) is 72.3 cm³/mol. The van der Waals surface area contributed by atoms with E-state index in [0.717, 1.165) is 19.4 Å². The molecule has 1 rings (SSSR count). The van der Waals surface area contributed by atoms with Crippen LogP contribution in [-0.4, -0.2) is 30.0 Å². The molecule has 3 atom stereocenters. The van der Waals surface area contributed by atoms with Gasteiger partial charge in [0, 0.05) is 25.0 Å². The standard InChI is InChI=1S/C11H23N3O.C2H6/c1-4-8(2)9(3)11(15)14-6-5-10(12)7-13-14;1-2/h8-10,13H,4-7,12H2,1-3H3;1-2H3. The van der Waals surface area contributed by atoms with Crippen LogP contribution in [0, 0.1) is 11.8 Å². The van der Waals surface area contributed by atoms with Crippen molar-refractivity contribution in [2.45, 2.75) is 53.5 Å². The number of hydrogen-bond donors (Lipinski definition) is 2. The Morgan fingerprint density at radius 3 is 2.47 bits per heavy atom. The zero-order valence-electron chi connectivity index (χ0n) is 12.0. The fourth-order valence-corrected chi connectivity index (χ4v) is 1.73. The molecule has 0 aliphatic carbocycles. The highest BCUT2D eigenvalue weighted by Crippen LogP contribution is 2.17. The molecular formula is C13H29N3O. The molecule has 1 amide bonds. The number of carbonyl (C=O) groups is 1. The van der Waals surface area contributed by atoms with Gasteiger partial charge in [0.2, 0.25) is 5.91 Å². The molecule has 4 nitrogen and oxygen atoms in total. The molecule has 4 heteroatoms. The van der Waals surface area contributed by atoms with E-state index in [1.54, 1.807) is 5.01 Å². The average molecular weight is 243 g/mol. The Morgan fingerprint density at radius 2 is 2.06 bits per heavy atom. The summed E-state index contributed by atoms with van der Waals surface area (Å²) >= 11 is 0. The monoisotopic (exact) mass is 243 g/mol. The Hall–Kier alpha value is -0.610. The van der Waals surface area contributed by atoms with Gasteiger partial charge in [0.15, 0.2) is 0 Å². The molecule has 1 heterocycles. The van der Waals surface area contributed by atoms with Gasteiger partial charge in [-0.2, -0.15) is 0 Å². The van der Waals surface area contributed by atoms with E-state index in [0.29, 0.717) is 12.5 Å². The second kappa shape index (κ2) is 8.48. The maximum atomic E-state index is 12.0. The second-order valence-corrected chi connectivity index (χ2v) is 4.58. The zero-order chi connectivity index (χ0) is 13.4. The van der Waals surface area contributed by atoms with Crippen LogP contribution in [0.15, 0.2) is 0 Å². The van der Waals surface area contributed by atoms with Crippen LogP contribution in [0.5, 0.6) is 0 Å². The molecule has 0 radical (unpaired) electrons. The van der Waals surface area contributed by atoms with Crippen molar-refractivity contribution in [3.63, 3.8) is 0 Å². The van der Waals surface area contributed by atoms with E-state index >= 15 is 0 Å². The molecule has 0 saturated carbocycles. The summed E-state index contributed by atoms with van der Waals surface area (Å²) < 4.78 is 0. The maximum Gasteiger partial charge on any atom is 0.239 e. The van der Waals surface area contributed by atoms with E-state index < -0.39 is 0 Å². The highest BCUT2D eigenvalue weighted by Gasteiger charge is 2.26. The van der Waals surface area contributed by atoms with Crippen molar-refractivity contribution in [1.82, 2.24) is 10.4 Å². The van der Waals surface area contributed by atoms with Crippen molar-refractivity contribution in [2.24, 2.45) is 17.6 Å². The van der Waals surface area contributed by atoms with Gasteiger partial charge in [-0.1, -0.05) is 41.0 Å². The fraction of sp³-hybridized carbons (Fsp3) is 0.923. The van der Waals surface area contributed by atoms with Gasteiger partial charge in [-0.15, -0.1) is 0 Å². The first-order valence-corrected chi connectivity index (χ1v) is 6.86. The molecule has 1 aliphatic rings. The van der Waals surface area contributed by atoms with Gasteiger partial charge in [-0.25, -0.2) is 5.43 Å². The van der Waals surface area contributed by atoms with Crippen LogP contribution in [0.4, 0.5) is 0 Å². The molecule has 102 valence electrons. The lowest BCUT2D eigenvalue weighted by Gasteiger charge is -2.34. The minimum absolute atomic E-state index is 0.0943. The summed E-state index contributed by atoms with van der Waals surface area (Å²) in [4.78, 5) is 12.0. The summed E-state index contributed by atoms with van der Waals surface area (Å²) in [6, 6.07) is 0.188. The van der Waals surface area contributed by atoms with Crippen LogP contribution in [0.2, 0.25) is 0 Å². The number of hydrazine groups is 1. The van der Waals surface area contributed by atoms with E-state index in [1.165, 1.54) is 0 Å². The van der Waals surface area contributed by atoms with Gasteiger partial charge in [-0.3, -0.25) is 9.80 Å². The number of carbonyl (C=O) groups excluding carboxylic acids is 1. The van der Waals surface area contributed by atoms with Crippen LogP contribution in [0.3, 0.4) is 0 Å². The second-order valence-electron chi connectivity index (χ2n) is 4.58. The molecule has 1 fully saturated rings. The molecule has 0 aromatic rings. The molecule has 1 saturated heterocycles. The van der Waals surface area contributed by atoms with Crippen molar-refractivity contribution in [2.75, 3.05) is 13.1 Å². The van der Waals surface area contributed by atoms with Gasteiger partial charge in [0.25, 0.3) is 0 Å². The van der Waals surface area contributed by atoms with E-state index in [-0.39, 0.29) is 17.9 Å². The minimum Gasteiger partial charge on any atom is -0.326 e. The van der Waals surface area contributed by atoms with Crippen LogP contribution in [0.25, 0.3) is 0 Å². The molecule has 0 spiro atoms. The Kier molecular flexibility index (Phi) is 8.17. The summed E-state index contributed by atoms with van der Waals surface area (Å²) in [5, 5.41) is 1.74. The minimum atomic E-state index is 0.0943. The fourth-order valence-electron chi connectivity index (χ4n) is 1.73. The summed E-state index contributed by atoms with van der Waals surface area (Å²) in [5.74, 6) is 0.739. The Bertz CT molecular complexity index is 213. The van der Waals surface area contributed by atoms with Gasteiger partial charge in [0.05, 0.1) is 0 Å². The summed E-state index contributed by atoms with van der Waals surface area (Å²) in [7, 11) is 0.